The van der Waals surface area contributed by atoms with Crippen LogP contribution >= 0.6 is 0 Å². The van der Waals surface area contributed by atoms with E-state index in [9.17, 15) is 9.59 Å². The van der Waals surface area contributed by atoms with E-state index in [0.717, 1.165) is 37.2 Å². The summed E-state index contributed by atoms with van der Waals surface area (Å²) in [7, 11) is 0. The zero-order valence-corrected chi connectivity index (χ0v) is 17.9. The second-order valence-corrected chi connectivity index (χ2v) is 9.47. The highest BCUT2D eigenvalue weighted by atomic mass is 16.2. The van der Waals surface area contributed by atoms with Crippen molar-refractivity contribution in [2.75, 3.05) is 0 Å². The molecule has 3 unspecified atom stereocenters. The van der Waals surface area contributed by atoms with Gasteiger partial charge in [-0.3, -0.25) is 9.59 Å². The first-order valence-corrected chi connectivity index (χ1v) is 11.7. The van der Waals surface area contributed by atoms with Gasteiger partial charge in [-0.1, -0.05) is 82.7 Å². The van der Waals surface area contributed by atoms with E-state index in [0.29, 0.717) is 18.3 Å². The average molecular weight is 383 g/mol. The Labute approximate surface area is 171 Å². The molecule has 1 aromatic carbocycles. The number of unbranched alkanes of at least 4 members (excludes halogenated alkanes) is 2. The van der Waals surface area contributed by atoms with Gasteiger partial charge in [-0.05, 0) is 49.0 Å². The SMILES string of the molecule is CCCCCC1CCC(C(C(=O)C2CCC(C)CC2=O)c2ccccc2)CC1. The van der Waals surface area contributed by atoms with Crippen LogP contribution in [0, 0.1) is 23.7 Å². The summed E-state index contributed by atoms with van der Waals surface area (Å²) >= 11 is 0. The molecule has 0 bridgehead atoms. The molecule has 1 aromatic rings. The van der Waals surface area contributed by atoms with Crippen LogP contribution in [-0.2, 0) is 9.59 Å². The molecule has 2 fully saturated rings. The fourth-order valence-corrected chi connectivity index (χ4v) is 5.54. The molecule has 3 rings (SSSR count). The molecule has 2 saturated carbocycles. The second-order valence-electron chi connectivity index (χ2n) is 9.47. The Kier molecular flexibility index (Phi) is 7.88. The van der Waals surface area contributed by atoms with Crippen LogP contribution in [0.1, 0.15) is 96.0 Å². The summed E-state index contributed by atoms with van der Waals surface area (Å²) in [6.45, 7) is 4.40. The number of Topliss-reactive ketones (excluding diaryl/α,β-unsaturated/α-hetero) is 2. The summed E-state index contributed by atoms with van der Waals surface area (Å²) in [6, 6.07) is 10.3. The fraction of sp³-hybridized carbons (Fsp3) is 0.692. The van der Waals surface area contributed by atoms with Crippen molar-refractivity contribution in [3.8, 4) is 0 Å². The van der Waals surface area contributed by atoms with Crippen molar-refractivity contribution in [2.45, 2.75) is 90.4 Å². The van der Waals surface area contributed by atoms with Gasteiger partial charge >= 0.3 is 0 Å². The molecule has 2 heteroatoms. The van der Waals surface area contributed by atoms with Gasteiger partial charge in [-0.15, -0.1) is 0 Å². The Morgan fingerprint density at radius 1 is 1.00 bits per heavy atom. The van der Waals surface area contributed by atoms with Gasteiger partial charge < -0.3 is 0 Å². The first-order chi connectivity index (χ1) is 13.6. The van der Waals surface area contributed by atoms with Crippen LogP contribution in [0.3, 0.4) is 0 Å². The third-order valence-corrected chi connectivity index (χ3v) is 7.27. The number of benzene rings is 1. The lowest BCUT2D eigenvalue weighted by molar-refractivity contribution is -0.137. The Morgan fingerprint density at radius 2 is 1.71 bits per heavy atom. The fourth-order valence-electron chi connectivity index (χ4n) is 5.54. The van der Waals surface area contributed by atoms with E-state index in [4.69, 9.17) is 0 Å². The third kappa shape index (κ3) is 5.33. The molecule has 0 heterocycles. The number of carbonyl (C=O) groups excluding carboxylic acids is 2. The third-order valence-electron chi connectivity index (χ3n) is 7.27. The van der Waals surface area contributed by atoms with Gasteiger partial charge in [0.1, 0.15) is 5.78 Å². The van der Waals surface area contributed by atoms with Crippen LogP contribution in [0.5, 0.6) is 0 Å². The van der Waals surface area contributed by atoms with Gasteiger partial charge in [-0.2, -0.15) is 0 Å². The molecule has 154 valence electrons. The molecule has 2 aliphatic rings. The lowest BCUT2D eigenvalue weighted by Crippen LogP contribution is -2.36. The summed E-state index contributed by atoms with van der Waals surface area (Å²) < 4.78 is 0. The summed E-state index contributed by atoms with van der Waals surface area (Å²) in [4.78, 5) is 26.2. The number of hydrogen-bond donors (Lipinski definition) is 0. The molecule has 0 N–H and O–H groups in total. The van der Waals surface area contributed by atoms with E-state index in [1.807, 2.05) is 18.2 Å². The lowest BCUT2D eigenvalue weighted by atomic mass is 9.67. The molecule has 0 saturated heterocycles. The maximum Gasteiger partial charge on any atom is 0.151 e. The van der Waals surface area contributed by atoms with Crippen molar-refractivity contribution in [1.82, 2.24) is 0 Å². The van der Waals surface area contributed by atoms with Crippen molar-refractivity contribution < 1.29 is 9.59 Å². The largest absolute Gasteiger partial charge is 0.299 e. The van der Waals surface area contributed by atoms with Crippen LogP contribution in [0.15, 0.2) is 30.3 Å². The minimum atomic E-state index is -0.358. The standard InChI is InChI=1S/C26H38O2/c1-3-4-6-9-20-13-15-22(16-14-20)25(21-10-7-5-8-11-21)26(28)23-17-12-19(2)18-24(23)27/h5,7-8,10-11,19-20,22-23,25H,3-4,6,9,12-18H2,1-2H3. The van der Waals surface area contributed by atoms with Gasteiger partial charge in [0.15, 0.2) is 5.78 Å². The number of hydrogen-bond acceptors (Lipinski definition) is 2. The maximum absolute atomic E-state index is 13.6. The van der Waals surface area contributed by atoms with Gasteiger partial charge in [0.25, 0.3) is 0 Å². The minimum Gasteiger partial charge on any atom is -0.299 e. The predicted molar refractivity (Wildman–Crippen MR) is 115 cm³/mol. The molecule has 0 spiro atoms. The second kappa shape index (κ2) is 10.4. The highest BCUT2D eigenvalue weighted by Gasteiger charge is 2.40. The molecule has 0 aromatic heterocycles. The van der Waals surface area contributed by atoms with Gasteiger partial charge in [0.2, 0.25) is 0 Å². The monoisotopic (exact) mass is 382 g/mol. The number of ketones is 2. The van der Waals surface area contributed by atoms with Gasteiger partial charge in [0, 0.05) is 12.3 Å². The van der Waals surface area contributed by atoms with E-state index in [-0.39, 0.29) is 23.4 Å². The quantitative estimate of drug-likeness (QED) is 0.369. The van der Waals surface area contributed by atoms with Crippen LogP contribution < -0.4 is 0 Å². The first-order valence-electron chi connectivity index (χ1n) is 11.7. The van der Waals surface area contributed by atoms with Crippen LogP contribution in [0.2, 0.25) is 0 Å². The lowest BCUT2D eigenvalue weighted by Gasteiger charge is -2.36. The van der Waals surface area contributed by atoms with Crippen LogP contribution in [0.25, 0.3) is 0 Å². The van der Waals surface area contributed by atoms with Crippen LogP contribution in [0.4, 0.5) is 0 Å². The highest BCUT2D eigenvalue weighted by molar-refractivity contribution is 6.05. The normalized spacial score (nSPS) is 29.4. The van der Waals surface area contributed by atoms with Gasteiger partial charge in [-0.25, -0.2) is 0 Å². The Balaban J connectivity index is 1.70. The Hall–Kier alpha value is -1.44. The first kappa shape index (κ1) is 21.3. The van der Waals surface area contributed by atoms with E-state index in [2.05, 4.69) is 26.0 Å². The topological polar surface area (TPSA) is 34.1 Å². The Bertz CT molecular complexity index is 627. The predicted octanol–water partition coefficient (Wildman–Crippen LogP) is 6.73. The van der Waals surface area contributed by atoms with Crippen molar-refractivity contribution in [1.29, 1.82) is 0 Å². The zero-order valence-electron chi connectivity index (χ0n) is 17.9. The summed E-state index contributed by atoms with van der Waals surface area (Å²) in [5.74, 6) is 1.65. The molecule has 2 nitrogen and oxygen atoms in total. The number of carbonyl (C=O) groups is 2. The minimum absolute atomic E-state index is 0.0832. The molecule has 0 aliphatic heterocycles. The highest BCUT2D eigenvalue weighted by Crippen LogP contribution is 2.42. The average Bonchev–Trinajstić information content (AvgIpc) is 2.70. The van der Waals surface area contributed by atoms with E-state index in [1.54, 1.807) is 0 Å². The zero-order chi connectivity index (χ0) is 19.9. The molecule has 28 heavy (non-hydrogen) atoms. The Morgan fingerprint density at radius 3 is 2.36 bits per heavy atom. The van der Waals surface area contributed by atoms with Crippen molar-refractivity contribution in [2.24, 2.45) is 23.7 Å². The molecule has 3 atom stereocenters. The molecule has 0 radical (unpaired) electrons. The molecule has 2 aliphatic carbocycles. The van der Waals surface area contributed by atoms with Crippen LogP contribution in [-0.4, -0.2) is 11.6 Å². The summed E-state index contributed by atoms with van der Waals surface area (Å²) in [5, 5.41) is 0. The maximum atomic E-state index is 13.6. The van der Waals surface area contributed by atoms with E-state index in [1.165, 1.54) is 38.5 Å². The van der Waals surface area contributed by atoms with E-state index < -0.39 is 0 Å². The summed E-state index contributed by atoms with van der Waals surface area (Å²) in [6.07, 6.45) is 12.5. The number of rotatable bonds is 8. The summed E-state index contributed by atoms with van der Waals surface area (Å²) in [5.41, 5.74) is 1.13. The molecule has 0 amide bonds. The van der Waals surface area contributed by atoms with Crippen molar-refractivity contribution in [3.63, 3.8) is 0 Å². The van der Waals surface area contributed by atoms with E-state index >= 15 is 0 Å². The van der Waals surface area contributed by atoms with Crippen molar-refractivity contribution in [3.05, 3.63) is 35.9 Å². The smallest absolute Gasteiger partial charge is 0.151 e. The molecular formula is C26H38O2. The molecular weight excluding hydrogens is 344 g/mol. The van der Waals surface area contributed by atoms with Crippen molar-refractivity contribution >= 4 is 11.6 Å². The van der Waals surface area contributed by atoms with Gasteiger partial charge in [0.05, 0.1) is 5.92 Å².